The van der Waals surface area contributed by atoms with Gasteiger partial charge in [-0.2, -0.15) is 0 Å². The Labute approximate surface area is 200 Å². The number of nitrogens with zero attached hydrogens (tertiary/aromatic N) is 1. The first kappa shape index (κ1) is 29.7. The van der Waals surface area contributed by atoms with Crippen LogP contribution >= 0.6 is 0 Å². The summed E-state index contributed by atoms with van der Waals surface area (Å²) in [5.74, 6) is 0. The van der Waals surface area contributed by atoms with Crippen molar-refractivity contribution in [1.82, 2.24) is 4.48 Å². The van der Waals surface area contributed by atoms with Gasteiger partial charge in [-0.3, -0.25) is 4.48 Å². The Morgan fingerprint density at radius 1 is 0.500 bits per heavy atom. The van der Waals surface area contributed by atoms with Gasteiger partial charge >= 0.3 is 0 Å². The van der Waals surface area contributed by atoms with Crippen molar-refractivity contribution >= 4 is 5.69 Å². The zero-order valence-corrected chi connectivity index (χ0v) is 22.2. The summed E-state index contributed by atoms with van der Waals surface area (Å²) >= 11 is 0. The van der Waals surface area contributed by atoms with E-state index in [1.54, 1.807) is 0 Å². The Balaban J connectivity index is 0.00000841. The molecule has 0 aliphatic carbocycles. The van der Waals surface area contributed by atoms with Crippen molar-refractivity contribution in [3.63, 3.8) is 0 Å². The average molecular weight is 483 g/mol. The molecule has 0 aromatic heterocycles. The number of para-hydroxylation sites is 1. The second-order valence-electron chi connectivity index (χ2n) is 9.75. The molecule has 1 aromatic rings. The largest absolute Gasteiger partial charge is 1.00 e. The highest BCUT2D eigenvalue weighted by Gasteiger charge is 2.17. The van der Waals surface area contributed by atoms with Crippen molar-refractivity contribution in [2.24, 2.45) is 0 Å². The Kier molecular flexibility index (Phi) is 20.3. The maximum Gasteiger partial charge on any atom is 0.132 e. The maximum atomic E-state index is 2.34. The number of hydrogen-bond donors (Lipinski definition) is 0. The molecular weight excluding hydrogens is 430 g/mol. The summed E-state index contributed by atoms with van der Waals surface area (Å²) in [6, 6.07) is 10.9. The van der Waals surface area contributed by atoms with Crippen LogP contribution in [0, 0.1) is 0 Å². The molecule has 0 aliphatic heterocycles. The van der Waals surface area contributed by atoms with Gasteiger partial charge in [0.2, 0.25) is 0 Å². The zero-order valence-electron chi connectivity index (χ0n) is 20.6. The smallest absolute Gasteiger partial charge is 0.132 e. The summed E-state index contributed by atoms with van der Waals surface area (Å²) in [6.45, 7) is 3.55. The number of quaternary nitrogens is 1. The normalized spacial score (nSPS) is 11.4. The van der Waals surface area contributed by atoms with Crippen LogP contribution in [0.25, 0.3) is 0 Å². The molecule has 0 aliphatic rings. The lowest BCUT2D eigenvalue weighted by Crippen LogP contribution is -3.00. The van der Waals surface area contributed by atoms with Crippen LogP contribution in [-0.2, 0) is 0 Å². The fraction of sp³-hybridized carbons (Fsp3) is 0.786. The predicted octanol–water partition coefficient (Wildman–Crippen LogP) is 6.30. The first-order valence-electron chi connectivity index (χ1n) is 13.1. The first-order valence-corrected chi connectivity index (χ1v) is 13.1. The molecule has 1 rings (SSSR count). The molecule has 1 nitrogen and oxygen atoms in total. The molecule has 0 unspecified atom stereocenters. The number of benzene rings is 1. The highest BCUT2D eigenvalue weighted by atomic mass is 79.9. The summed E-state index contributed by atoms with van der Waals surface area (Å²) in [6.07, 6.45) is 26.1. The minimum absolute atomic E-state index is 0. The number of unbranched alkanes of at least 4 members (excludes halogenated alkanes) is 17. The molecule has 0 heterocycles. The standard InChI is InChI=1S/C28H52N.BrH/c1-4-5-6-7-8-9-10-11-12-13-14-15-16-17-18-19-20-24-27-29(2,3)28-25-22-21-23-26-28;/h21-23,25-26H,4-20,24,27H2,1-3H3;1H/q+1;/p-1. The van der Waals surface area contributed by atoms with Crippen molar-refractivity contribution in [1.29, 1.82) is 0 Å². The van der Waals surface area contributed by atoms with Crippen molar-refractivity contribution in [2.45, 2.75) is 122 Å². The SMILES string of the molecule is CCCCCCCCCCCCCCCCCCCC[N+](C)(C)c1ccccc1.[Br-]. The molecule has 2 heteroatoms. The van der Waals surface area contributed by atoms with Crippen LogP contribution < -0.4 is 21.5 Å². The van der Waals surface area contributed by atoms with Crippen molar-refractivity contribution in [2.75, 3.05) is 20.6 Å². The summed E-state index contributed by atoms with van der Waals surface area (Å²) in [5.41, 5.74) is 1.43. The third-order valence-electron chi connectivity index (χ3n) is 6.53. The molecule has 176 valence electrons. The highest BCUT2D eigenvalue weighted by Crippen LogP contribution is 2.19. The van der Waals surface area contributed by atoms with E-state index in [2.05, 4.69) is 51.4 Å². The van der Waals surface area contributed by atoms with Crippen LogP contribution in [0.2, 0.25) is 0 Å². The lowest BCUT2D eigenvalue weighted by molar-refractivity contribution is -0.00000648. The van der Waals surface area contributed by atoms with Gasteiger partial charge in [0.1, 0.15) is 5.69 Å². The minimum Gasteiger partial charge on any atom is -1.00 e. The molecule has 1 aromatic carbocycles. The molecular formula is C28H52BrN. The molecule has 0 radical (unpaired) electrons. The lowest BCUT2D eigenvalue weighted by Gasteiger charge is -2.29. The van der Waals surface area contributed by atoms with E-state index < -0.39 is 0 Å². The van der Waals surface area contributed by atoms with Gasteiger partial charge in [-0.25, -0.2) is 0 Å². The molecule has 0 N–H and O–H groups in total. The van der Waals surface area contributed by atoms with Crippen LogP contribution in [0.3, 0.4) is 0 Å². The van der Waals surface area contributed by atoms with Gasteiger partial charge in [0.25, 0.3) is 0 Å². The maximum absolute atomic E-state index is 2.34. The monoisotopic (exact) mass is 481 g/mol. The van der Waals surface area contributed by atoms with Gasteiger partial charge in [-0.15, -0.1) is 0 Å². The number of halogens is 1. The fourth-order valence-corrected chi connectivity index (χ4v) is 4.37. The second-order valence-corrected chi connectivity index (χ2v) is 9.75. The van der Waals surface area contributed by atoms with Crippen molar-refractivity contribution < 1.29 is 17.0 Å². The second kappa shape index (κ2) is 20.6. The molecule has 0 fully saturated rings. The van der Waals surface area contributed by atoms with Gasteiger partial charge in [0, 0.05) is 0 Å². The molecule has 0 atom stereocenters. The van der Waals surface area contributed by atoms with Crippen LogP contribution in [0.15, 0.2) is 30.3 Å². The Morgan fingerprint density at radius 3 is 1.20 bits per heavy atom. The van der Waals surface area contributed by atoms with E-state index in [-0.39, 0.29) is 17.0 Å². The molecule has 0 saturated carbocycles. The van der Waals surface area contributed by atoms with E-state index in [0.717, 1.165) is 4.48 Å². The molecule has 0 amide bonds. The van der Waals surface area contributed by atoms with Crippen molar-refractivity contribution in [3.05, 3.63) is 30.3 Å². The summed E-state index contributed by atoms with van der Waals surface area (Å²) in [5, 5.41) is 0. The van der Waals surface area contributed by atoms with Crippen molar-refractivity contribution in [3.8, 4) is 0 Å². The van der Waals surface area contributed by atoms with Gasteiger partial charge in [0.05, 0.1) is 20.6 Å². The van der Waals surface area contributed by atoms with E-state index in [1.165, 1.54) is 128 Å². The Morgan fingerprint density at radius 2 is 0.833 bits per heavy atom. The average Bonchev–Trinajstić information content (AvgIpc) is 2.73. The van der Waals surface area contributed by atoms with Crippen LogP contribution in [-0.4, -0.2) is 20.6 Å². The predicted molar refractivity (Wildman–Crippen MR) is 134 cm³/mol. The fourth-order valence-electron chi connectivity index (χ4n) is 4.37. The topological polar surface area (TPSA) is 0 Å². The van der Waals surface area contributed by atoms with E-state index >= 15 is 0 Å². The first-order chi connectivity index (χ1) is 14.2. The van der Waals surface area contributed by atoms with Gasteiger partial charge in [-0.1, -0.05) is 128 Å². The van der Waals surface area contributed by atoms with Crippen LogP contribution in [0.5, 0.6) is 0 Å². The summed E-state index contributed by atoms with van der Waals surface area (Å²) in [4.78, 5) is 0. The van der Waals surface area contributed by atoms with E-state index in [1.807, 2.05) is 0 Å². The molecule has 30 heavy (non-hydrogen) atoms. The van der Waals surface area contributed by atoms with Gasteiger partial charge in [0.15, 0.2) is 0 Å². The third kappa shape index (κ3) is 16.4. The summed E-state index contributed by atoms with van der Waals surface area (Å²) < 4.78 is 1.01. The number of rotatable bonds is 20. The lowest BCUT2D eigenvalue weighted by atomic mass is 10.0. The van der Waals surface area contributed by atoms with E-state index in [4.69, 9.17) is 0 Å². The molecule has 0 bridgehead atoms. The quantitative estimate of drug-likeness (QED) is 0.151. The molecule has 0 saturated heterocycles. The van der Waals surface area contributed by atoms with Gasteiger partial charge in [-0.05, 0) is 25.0 Å². The Hall–Kier alpha value is -0.340. The molecule has 0 spiro atoms. The number of hydrogen-bond acceptors (Lipinski definition) is 0. The summed E-state index contributed by atoms with van der Waals surface area (Å²) in [7, 11) is 4.67. The zero-order chi connectivity index (χ0) is 21.0. The van der Waals surface area contributed by atoms with Crippen LogP contribution in [0.1, 0.15) is 122 Å². The van der Waals surface area contributed by atoms with E-state index in [0.29, 0.717) is 0 Å². The minimum atomic E-state index is 0. The van der Waals surface area contributed by atoms with E-state index in [9.17, 15) is 0 Å². The van der Waals surface area contributed by atoms with Gasteiger partial charge < -0.3 is 17.0 Å². The highest BCUT2D eigenvalue weighted by molar-refractivity contribution is 5.40. The van der Waals surface area contributed by atoms with Crippen LogP contribution in [0.4, 0.5) is 5.69 Å². The third-order valence-corrected chi connectivity index (χ3v) is 6.53. The Bertz CT molecular complexity index is 457.